The Hall–Kier alpha value is -0.180. The molecule has 0 spiro atoms. The zero-order chi connectivity index (χ0) is 9.90. The second kappa shape index (κ2) is 4.36. The van der Waals surface area contributed by atoms with E-state index in [0.29, 0.717) is 5.92 Å². The highest BCUT2D eigenvalue weighted by molar-refractivity contribution is 4.89. The summed E-state index contributed by atoms with van der Waals surface area (Å²) in [6.07, 6.45) is 2.39. The molecular formula is C10H19F2N. The van der Waals surface area contributed by atoms with Crippen molar-refractivity contribution in [2.45, 2.75) is 57.4 Å². The summed E-state index contributed by atoms with van der Waals surface area (Å²) in [5.41, 5.74) is 5.33. The van der Waals surface area contributed by atoms with E-state index >= 15 is 0 Å². The first kappa shape index (κ1) is 10.9. The molecule has 1 fully saturated rings. The zero-order valence-electron chi connectivity index (χ0n) is 8.23. The van der Waals surface area contributed by atoms with Gasteiger partial charge in [0.15, 0.2) is 0 Å². The van der Waals surface area contributed by atoms with Crippen molar-refractivity contribution < 1.29 is 8.78 Å². The minimum Gasteiger partial charge on any atom is -0.325 e. The van der Waals surface area contributed by atoms with Crippen LogP contribution in [-0.4, -0.2) is 12.0 Å². The highest BCUT2D eigenvalue weighted by Gasteiger charge is 2.33. The van der Waals surface area contributed by atoms with Crippen LogP contribution in [-0.2, 0) is 0 Å². The van der Waals surface area contributed by atoms with Gasteiger partial charge in [-0.15, -0.1) is 0 Å². The second-order valence-electron chi connectivity index (χ2n) is 4.31. The van der Waals surface area contributed by atoms with Crippen LogP contribution in [0.25, 0.3) is 0 Å². The van der Waals surface area contributed by atoms with Gasteiger partial charge in [0.2, 0.25) is 6.43 Å². The lowest BCUT2D eigenvalue weighted by Gasteiger charge is -2.36. The van der Waals surface area contributed by atoms with Crippen molar-refractivity contribution in [3.8, 4) is 0 Å². The van der Waals surface area contributed by atoms with Gasteiger partial charge in [-0.3, -0.25) is 0 Å². The lowest BCUT2D eigenvalue weighted by atomic mass is 9.75. The first-order chi connectivity index (χ1) is 6.06. The highest BCUT2D eigenvalue weighted by Crippen LogP contribution is 2.35. The van der Waals surface area contributed by atoms with Crippen molar-refractivity contribution in [3.05, 3.63) is 0 Å². The monoisotopic (exact) mass is 191 g/mol. The van der Waals surface area contributed by atoms with Crippen molar-refractivity contribution in [3.63, 3.8) is 0 Å². The van der Waals surface area contributed by atoms with Crippen LogP contribution in [0.15, 0.2) is 0 Å². The number of hydrogen-bond donors (Lipinski definition) is 1. The Balaban J connectivity index is 2.37. The van der Waals surface area contributed by atoms with Gasteiger partial charge in [0.25, 0.3) is 0 Å². The van der Waals surface area contributed by atoms with E-state index in [2.05, 4.69) is 6.92 Å². The van der Waals surface area contributed by atoms with Gasteiger partial charge in [-0.25, -0.2) is 8.78 Å². The third-order valence-electron chi connectivity index (χ3n) is 3.24. The molecule has 13 heavy (non-hydrogen) atoms. The second-order valence-corrected chi connectivity index (χ2v) is 4.31. The molecule has 1 saturated carbocycles. The fraction of sp³-hybridized carbons (Fsp3) is 1.00. The lowest BCUT2D eigenvalue weighted by molar-refractivity contribution is 0.0823. The maximum atomic E-state index is 12.2. The number of halogens is 2. The molecule has 1 aliphatic rings. The largest absolute Gasteiger partial charge is 0.325 e. The van der Waals surface area contributed by atoms with Crippen molar-refractivity contribution in [1.82, 2.24) is 0 Å². The van der Waals surface area contributed by atoms with Crippen LogP contribution >= 0.6 is 0 Å². The van der Waals surface area contributed by atoms with Crippen LogP contribution in [0.1, 0.15) is 45.4 Å². The predicted molar refractivity (Wildman–Crippen MR) is 49.8 cm³/mol. The van der Waals surface area contributed by atoms with Crippen molar-refractivity contribution >= 4 is 0 Å². The summed E-state index contributed by atoms with van der Waals surface area (Å²) in [5.74, 6) is 0.717. The Morgan fingerprint density at radius 1 is 1.38 bits per heavy atom. The Morgan fingerprint density at radius 2 is 1.92 bits per heavy atom. The molecule has 1 nitrogen and oxygen atoms in total. The Morgan fingerprint density at radius 3 is 2.31 bits per heavy atom. The van der Waals surface area contributed by atoms with Gasteiger partial charge in [0.1, 0.15) is 0 Å². The van der Waals surface area contributed by atoms with Crippen molar-refractivity contribution in [1.29, 1.82) is 0 Å². The topological polar surface area (TPSA) is 26.0 Å². The van der Waals surface area contributed by atoms with Crippen LogP contribution < -0.4 is 5.73 Å². The average Bonchev–Trinajstić information content (AvgIpc) is 2.04. The molecule has 0 amide bonds. The minimum atomic E-state index is -2.25. The van der Waals surface area contributed by atoms with Gasteiger partial charge in [0, 0.05) is 12.0 Å². The standard InChI is InChI=1S/C10H19F2N/c1-2-8-3-5-10(13,6-4-8)7-9(11)12/h8-9H,2-7,13H2,1H3. The number of nitrogens with two attached hydrogens (primary N) is 1. The molecular weight excluding hydrogens is 172 g/mol. The summed E-state index contributed by atoms with van der Waals surface area (Å²) in [4.78, 5) is 0. The third kappa shape index (κ3) is 3.22. The molecule has 0 heterocycles. The average molecular weight is 191 g/mol. The van der Waals surface area contributed by atoms with Crippen LogP contribution in [0.4, 0.5) is 8.78 Å². The zero-order valence-corrected chi connectivity index (χ0v) is 8.23. The summed E-state index contributed by atoms with van der Waals surface area (Å²) >= 11 is 0. The van der Waals surface area contributed by atoms with Crippen LogP contribution in [0, 0.1) is 5.92 Å². The minimum absolute atomic E-state index is 0.122. The molecule has 1 rings (SSSR count). The van der Waals surface area contributed by atoms with Crippen LogP contribution in [0.3, 0.4) is 0 Å². The molecule has 0 radical (unpaired) electrons. The fourth-order valence-corrected chi connectivity index (χ4v) is 2.17. The molecule has 0 aromatic carbocycles. The summed E-state index contributed by atoms with van der Waals surface area (Å²) in [6.45, 7) is 2.15. The Labute approximate surface area is 78.7 Å². The van der Waals surface area contributed by atoms with Crippen molar-refractivity contribution in [2.75, 3.05) is 0 Å². The SMILES string of the molecule is CCC1CCC(N)(CC(F)F)CC1. The molecule has 0 unspecified atom stereocenters. The van der Waals surface area contributed by atoms with E-state index in [4.69, 9.17) is 5.73 Å². The Kier molecular flexibility index (Phi) is 3.65. The lowest BCUT2D eigenvalue weighted by Crippen LogP contribution is -2.44. The molecule has 0 atom stereocenters. The quantitative estimate of drug-likeness (QED) is 0.729. The number of hydrogen-bond acceptors (Lipinski definition) is 1. The van der Waals surface area contributed by atoms with Crippen molar-refractivity contribution in [2.24, 2.45) is 11.7 Å². The van der Waals surface area contributed by atoms with Gasteiger partial charge in [0.05, 0.1) is 0 Å². The third-order valence-corrected chi connectivity index (χ3v) is 3.24. The van der Waals surface area contributed by atoms with Gasteiger partial charge < -0.3 is 5.73 Å². The number of alkyl halides is 2. The first-order valence-corrected chi connectivity index (χ1v) is 5.13. The van der Waals surface area contributed by atoms with Gasteiger partial charge in [-0.05, 0) is 31.6 Å². The normalized spacial score (nSPS) is 35.3. The summed E-state index contributed by atoms with van der Waals surface area (Å²) in [7, 11) is 0. The predicted octanol–water partition coefficient (Wildman–Crippen LogP) is 2.94. The van der Waals surface area contributed by atoms with E-state index in [0.717, 1.165) is 32.1 Å². The van der Waals surface area contributed by atoms with E-state index < -0.39 is 12.0 Å². The fourth-order valence-electron chi connectivity index (χ4n) is 2.17. The molecule has 0 aromatic heterocycles. The first-order valence-electron chi connectivity index (χ1n) is 5.13. The molecule has 1 aliphatic carbocycles. The molecule has 3 heteroatoms. The molecule has 78 valence electrons. The van der Waals surface area contributed by atoms with Gasteiger partial charge in [-0.2, -0.15) is 0 Å². The summed E-state index contributed by atoms with van der Waals surface area (Å²) in [6, 6.07) is 0. The van der Waals surface area contributed by atoms with Gasteiger partial charge >= 0.3 is 0 Å². The van der Waals surface area contributed by atoms with E-state index in [1.807, 2.05) is 0 Å². The van der Waals surface area contributed by atoms with E-state index in [1.54, 1.807) is 0 Å². The Bertz CT molecular complexity index is 151. The van der Waals surface area contributed by atoms with E-state index in [-0.39, 0.29) is 6.42 Å². The molecule has 0 bridgehead atoms. The van der Waals surface area contributed by atoms with Crippen LogP contribution in [0.5, 0.6) is 0 Å². The van der Waals surface area contributed by atoms with E-state index in [9.17, 15) is 8.78 Å². The maximum absolute atomic E-state index is 12.2. The smallest absolute Gasteiger partial charge is 0.240 e. The molecule has 0 aromatic rings. The summed E-state index contributed by atoms with van der Waals surface area (Å²) in [5, 5.41) is 0. The molecule has 0 saturated heterocycles. The molecule has 2 N–H and O–H groups in total. The number of rotatable bonds is 3. The summed E-state index contributed by atoms with van der Waals surface area (Å²) < 4.78 is 24.3. The van der Waals surface area contributed by atoms with Crippen LogP contribution in [0.2, 0.25) is 0 Å². The van der Waals surface area contributed by atoms with E-state index in [1.165, 1.54) is 0 Å². The molecule has 0 aliphatic heterocycles. The van der Waals surface area contributed by atoms with Gasteiger partial charge in [-0.1, -0.05) is 13.3 Å². The maximum Gasteiger partial charge on any atom is 0.240 e. The highest BCUT2D eigenvalue weighted by atomic mass is 19.3.